The van der Waals surface area contributed by atoms with Crippen molar-refractivity contribution in [3.8, 4) is 17.2 Å². The molecule has 0 saturated carbocycles. The maximum atomic E-state index is 9.87. The van der Waals surface area contributed by atoms with Crippen molar-refractivity contribution in [2.24, 2.45) is 0 Å². The van der Waals surface area contributed by atoms with Crippen LogP contribution >= 0.6 is 11.6 Å². The van der Waals surface area contributed by atoms with Gasteiger partial charge >= 0.3 is 0 Å². The van der Waals surface area contributed by atoms with Crippen LogP contribution in [0.15, 0.2) is 66.9 Å². The van der Waals surface area contributed by atoms with Gasteiger partial charge in [-0.25, -0.2) is 0 Å². The van der Waals surface area contributed by atoms with E-state index in [1.54, 1.807) is 24.3 Å². The summed E-state index contributed by atoms with van der Waals surface area (Å²) in [5, 5.41) is 21.4. The summed E-state index contributed by atoms with van der Waals surface area (Å²) >= 11 is 6.14. The summed E-state index contributed by atoms with van der Waals surface area (Å²) in [5.41, 5.74) is 4.25. The molecule has 1 aliphatic heterocycles. The van der Waals surface area contributed by atoms with Gasteiger partial charge < -0.3 is 19.9 Å². The number of hydrogen-bond donors (Lipinski definition) is 3. The van der Waals surface area contributed by atoms with Gasteiger partial charge in [0.05, 0.1) is 6.61 Å². The molecule has 0 amide bonds. The Hall–Kier alpha value is -3.11. The number of phenolic OH excluding ortho intramolecular Hbond substituents is 2. The highest BCUT2D eigenvalue weighted by Gasteiger charge is 2.35. The second kappa shape index (κ2) is 6.50. The second-order valence-corrected chi connectivity index (χ2v) is 7.58. The van der Waals surface area contributed by atoms with Gasteiger partial charge in [0.2, 0.25) is 0 Å². The molecule has 2 atom stereocenters. The normalized spacial score (nSPS) is 18.6. The number of hydrogen-bond acceptors (Lipinski definition) is 3. The van der Waals surface area contributed by atoms with E-state index in [2.05, 4.69) is 4.98 Å². The average molecular weight is 392 g/mol. The van der Waals surface area contributed by atoms with Gasteiger partial charge in [0, 0.05) is 45.6 Å². The zero-order valence-electron chi connectivity index (χ0n) is 14.9. The van der Waals surface area contributed by atoms with Crippen LogP contribution in [0.1, 0.15) is 28.5 Å². The minimum absolute atomic E-state index is 0.0274. The Morgan fingerprint density at radius 3 is 2.50 bits per heavy atom. The molecule has 0 saturated heterocycles. The van der Waals surface area contributed by atoms with Crippen LogP contribution < -0.4 is 4.74 Å². The van der Waals surface area contributed by atoms with Gasteiger partial charge in [-0.1, -0.05) is 35.9 Å². The van der Waals surface area contributed by atoms with E-state index in [4.69, 9.17) is 16.3 Å². The van der Waals surface area contributed by atoms with Gasteiger partial charge in [-0.2, -0.15) is 0 Å². The molecule has 3 N–H and O–H groups in total. The number of aromatic amines is 1. The number of ether oxygens (including phenoxy) is 1. The minimum atomic E-state index is 0.0274. The van der Waals surface area contributed by atoms with Gasteiger partial charge in [0.25, 0.3) is 0 Å². The molecule has 0 aliphatic carbocycles. The molecule has 28 heavy (non-hydrogen) atoms. The summed E-state index contributed by atoms with van der Waals surface area (Å²) in [6, 6.07) is 18.4. The lowest BCUT2D eigenvalue weighted by atomic mass is 9.76. The zero-order chi connectivity index (χ0) is 19.3. The average Bonchev–Trinajstić information content (AvgIpc) is 3.10. The third-order valence-corrected chi connectivity index (χ3v) is 5.72. The van der Waals surface area contributed by atoms with Crippen LogP contribution in [-0.2, 0) is 0 Å². The van der Waals surface area contributed by atoms with Crippen molar-refractivity contribution in [2.75, 3.05) is 6.61 Å². The van der Waals surface area contributed by atoms with Crippen LogP contribution in [-0.4, -0.2) is 21.8 Å². The minimum Gasteiger partial charge on any atom is -0.508 e. The lowest BCUT2D eigenvalue weighted by Gasteiger charge is -2.34. The van der Waals surface area contributed by atoms with Gasteiger partial charge in [-0.15, -0.1) is 0 Å². The molecule has 4 nitrogen and oxygen atoms in total. The molecule has 4 aromatic rings. The van der Waals surface area contributed by atoms with Crippen LogP contribution in [0.2, 0.25) is 5.02 Å². The predicted molar refractivity (Wildman–Crippen MR) is 110 cm³/mol. The smallest absolute Gasteiger partial charge is 0.126 e. The molecule has 1 aliphatic rings. The molecule has 0 spiro atoms. The monoisotopic (exact) mass is 391 g/mol. The van der Waals surface area contributed by atoms with E-state index in [-0.39, 0.29) is 23.3 Å². The van der Waals surface area contributed by atoms with E-state index in [9.17, 15) is 10.2 Å². The summed E-state index contributed by atoms with van der Waals surface area (Å²) < 4.78 is 6.04. The number of aromatic hydroxyl groups is 2. The first kappa shape index (κ1) is 17.0. The Kier molecular flexibility index (Phi) is 3.95. The number of fused-ring (bicyclic) bond motifs is 2. The molecule has 0 fully saturated rings. The highest BCUT2D eigenvalue weighted by molar-refractivity contribution is 6.31. The molecular weight excluding hydrogens is 374 g/mol. The SMILES string of the molecule is Oc1ccc(C2c3ccc(O)cc3OCC2c2c[nH]c3cc(Cl)ccc23)cc1. The van der Waals surface area contributed by atoms with Crippen molar-refractivity contribution in [1.29, 1.82) is 0 Å². The van der Waals surface area contributed by atoms with Gasteiger partial charge in [-0.05, 0) is 41.5 Å². The first-order valence-electron chi connectivity index (χ1n) is 9.11. The zero-order valence-corrected chi connectivity index (χ0v) is 15.6. The predicted octanol–water partition coefficient (Wildman–Crippen LogP) is 5.54. The van der Waals surface area contributed by atoms with E-state index < -0.39 is 0 Å². The van der Waals surface area contributed by atoms with Crippen LogP contribution in [0.4, 0.5) is 0 Å². The van der Waals surface area contributed by atoms with E-state index in [0.29, 0.717) is 17.4 Å². The quantitative estimate of drug-likeness (QED) is 0.420. The van der Waals surface area contributed by atoms with Crippen molar-refractivity contribution in [1.82, 2.24) is 4.98 Å². The number of rotatable bonds is 2. The molecule has 2 unspecified atom stereocenters. The van der Waals surface area contributed by atoms with E-state index in [0.717, 1.165) is 27.6 Å². The number of aromatic nitrogens is 1. The molecule has 1 aromatic heterocycles. The van der Waals surface area contributed by atoms with Gasteiger partial charge in [0.15, 0.2) is 0 Å². The topological polar surface area (TPSA) is 65.5 Å². The largest absolute Gasteiger partial charge is 0.508 e. The maximum Gasteiger partial charge on any atom is 0.126 e. The summed E-state index contributed by atoms with van der Waals surface area (Å²) in [5.74, 6) is 1.21. The molecule has 5 heteroatoms. The van der Waals surface area contributed by atoms with Crippen molar-refractivity contribution in [3.05, 3.63) is 88.6 Å². The third kappa shape index (κ3) is 2.77. The van der Waals surface area contributed by atoms with Crippen LogP contribution in [0, 0.1) is 0 Å². The molecule has 5 rings (SSSR count). The number of phenols is 2. The Morgan fingerprint density at radius 2 is 1.68 bits per heavy atom. The maximum absolute atomic E-state index is 9.87. The summed E-state index contributed by atoms with van der Waals surface area (Å²) in [6.45, 7) is 0.484. The Labute approximate surface area is 167 Å². The van der Waals surface area contributed by atoms with Crippen molar-refractivity contribution >= 4 is 22.5 Å². The third-order valence-electron chi connectivity index (χ3n) is 5.48. The molecule has 2 heterocycles. The van der Waals surface area contributed by atoms with Crippen molar-refractivity contribution in [3.63, 3.8) is 0 Å². The molecule has 0 radical (unpaired) electrons. The van der Waals surface area contributed by atoms with Gasteiger partial charge in [-0.3, -0.25) is 0 Å². The standard InChI is InChI=1S/C23H18ClNO3/c24-14-3-7-17-19(11-25-21(17)9-14)20-12-28-22-10-16(27)6-8-18(22)23(20)13-1-4-15(26)5-2-13/h1-11,20,23,25-27H,12H2. The Bertz CT molecular complexity index is 1170. The fourth-order valence-electron chi connectivity index (χ4n) is 4.19. The van der Waals surface area contributed by atoms with E-state index >= 15 is 0 Å². The molecule has 140 valence electrons. The number of halogens is 1. The Balaban J connectivity index is 1.69. The van der Waals surface area contributed by atoms with E-state index in [1.807, 2.05) is 42.6 Å². The Morgan fingerprint density at radius 1 is 0.893 bits per heavy atom. The van der Waals surface area contributed by atoms with E-state index in [1.165, 1.54) is 0 Å². The number of nitrogens with one attached hydrogen (secondary N) is 1. The van der Waals surface area contributed by atoms with Crippen molar-refractivity contribution < 1.29 is 14.9 Å². The first-order valence-corrected chi connectivity index (χ1v) is 9.49. The molecule has 3 aromatic carbocycles. The molecule has 0 bridgehead atoms. The molecular formula is C23H18ClNO3. The van der Waals surface area contributed by atoms with Crippen molar-refractivity contribution in [2.45, 2.75) is 11.8 Å². The lowest BCUT2D eigenvalue weighted by Crippen LogP contribution is -2.25. The fraction of sp³-hybridized carbons (Fsp3) is 0.130. The van der Waals surface area contributed by atoms with Crippen LogP contribution in [0.3, 0.4) is 0 Å². The van der Waals surface area contributed by atoms with Crippen LogP contribution in [0.5, 0.6) is 17.2 Å². The summed E-state index contributed by atoms with van der Waals surface area (Å²) in [6.07, 6.45) is 2.02. The van der Waals surface area contributed by atoms with Gasteiger partial charge in [0.1, 0.15) is 17.2 Å². The highest BCUT2D eigenvalue weighted by atomic mass is 35.5. The fourth-order valence-corrected chi connectivity index (χ4v) is 4.36. The summed E-state index contributed by atoms with van der Waals surface area (Å²) in [7, 11) is 0. The number of H-pyrrole nitrogens is 1. The number of benzene rings is 3. The highest BCUT2D eigenvalue weighted by Crippen LogP contribution is 2.48. The second-order valence-electron chi connectivity index (χ2n) is 7.14. The van der Waals surface area contributed by atoms with Crippen LogP contribution in [0.25, 0.3) is 10.9 Å². The lowest BCUT2D eigenvalue weighted by molar-refractivity contribution is 0.248. The summed E-state index contributed by atoms with van der Waals surface area (Å²) in [4.78, 5) is 3.32. The first-order chi connectivity index (χ1) is 13.6.